The molecule has 2 unspecified atom stereocenters. The van der Waals surface area contributed by atoms with Crippen LogP contribution in [0.25, 0.3) is 0 Å². The number of amides is 1. The van der Waals surface area contributed by atoms with Crippen molar-refractivity contribution < 1.29 is 14.7 Å². The minimum Gasteiger partial charge on any atom is -0.478 e. The molecule has 1 saturated heterocycles. The van der Waals surface area contributed by atoms with Gasteiger partial charge in [0, 0.05) is 12.5 Å². The Morgan fingerprint density at radius 2 is 1.75 bits per heavy atom. The van der Waals surface area contributed by atoms with E-state index in [2.05, 4.69) is 16.2 Å². The number of carbonyl (C=O) groups excluding carboxylic acids is 1. The summed E-state index contributed by atoms with van der Waals surface area (Å²) in [5.41, 5.74) is 8.04. The Morgan fingerprint density at radius 3 is 2.50 bits per heavy atom. The van der Waals surface area contributed by atoms with Crippen molar-refractivity contribution in [1.29, 1.82) is 0 Å². The molecule has 3 rings (SSSR count). The average Bonchev–Trinajstić information content (AvgIpc) is 3.04. The molecule has 0 saturated carbocycles. The minimum absolute atomic E-state index is 0.0384. The van der Waals surface area contributed by atoms with Crippen molar-refractivity contribution in [1.82, 2.24) is 16.2 Å². The maximum Gasteiger partial charge on any atom is 0.335 e. The maximum atomic E-state index is 12.2. The summed E-state index contributed by atoms with van der Waals surface area (Å²) in [6.45, 7) is 0. The standard InChI is InChI=1S/C18H19N3O3/c22-17(10-13-8-4-5-9-14(13)18(23)24)19-16-11-15(20-21-16)12-6-2-1-3-7-12/h1-9,15-16,20-21H,10-11H2,(H,19,22)(H,23,24). The van der Waals surface area contributed by atoms with Crippen LogP contribution in [0.3, 0.4) is 0 Å². The van der Waals surface area contributed by atoms with E-state index in [4.69, 9.17) is 5.11 Å². The Labute approximate surface area is 139 Å². The molecule has 2 aromatic rings. The highest BCUT2D eigenvalue weighted by atomic mass is 16.4. The van der Waals surface area contributed by atoms with Crippen LogP contribution < -0.4 is 16.2 Å². The zero-order valence-corrected chi connectivity index (χ0v) is 13.0. The molecule has 124 valence electrons. The fraction of sp³-hybridized carbons (Fsp3) is 0.222. The predicted molar refractivity (Wildman–Crippen MR) is 89.1 cm³/mol. The monoisotopic (exact) mass is 325 g/mol. The second-order valence-electron chi connectivity index (χ2n) is 5.75. The van der Waals surface area contributed by atoms with Crippen LogP contribution in [0, 0.1) is 0 Å². The zero-order valence-electron chi connectivity index (χ0n) is 13.0. The highest BCUT2D eigenvalue weighted by molar-refractivity contribution is 5.91. The number of carbonyl (C=O) groups is 2. The molecule has 0 aliphatic carbocycles. The second-order valence-corrected chi connectivity index (χ2v) is 5.75. The number of nitrogens with one attached hydrogen (secondary N) is 3. The van der Waals surface area contributed by atoms with Crippen molar-refractivity contribution >= 4 is 11.9 Å². The van der Waals surface area contributed by atoms with Crippen LogP contribution in [0.5, 0.6) is 0 Å². The van der Waals surface area contributed by atoms with Gasteiger partial charge < -0.3 is 10.4 Å². The zero-order chi connectivity index (χ0) is 16.9. The lowest BCUT2D eigenvalue weighted by molar-refractivity contribution is -0.121. The van der Waals surface area contributed by atoms with E-state index in [0.717, 1.165) is 12.0 Å². The van der Waals surface area contributed by atoms with Gasteiger partial charge in [-0.25, -0.2) is 15.6 Å². The quantitative estimate of drug-likeness (QED) is 0.670. The third-order valence-corrected chi connectivity index (χ3v) is 4.04. The van der Waals surface area contributed by atoms with Crippen molar-refractivity contribution in [3.63, 3.8) is 0 Å². The Morgan fingerprint density at radius 1 is 1.04 bits per heavy atom. The molecule has 0 aromatic heterocycles. The lowest BCUT2D eigenvalue weighted by Gasteiger charge is -2.13. The number of aromatic carboxylic acids is 1. The van der Waals surface area contributed by atoms with Crippen molar-refractivity contribution in [2.45, 2.75) is 25.0 Å². The average molecular weight is 325 g/mol. The second kappa shape index (κ2) is 7.25. The summed E-state index contributed by atoms with van der Waals surface area (Å²) in [6.07, 6.45) is 0.562. The molecular weight excluding hydrogens is 306 g/mol. The number of carboxylic acids is 1. The molecule has 0 radical (unpaired) electrons. The van der Waals surface area contributed by atoms with Crippen LogP contribution >= 0.6 is 0 Å². The molecule has 1 aliphatic heterocycles. The van der Waals surface area contributed by atoms with Crippen molar-refractivity contribution in [2.75, 3.05) is 0 Å². The van der Waals surface area contributed by atoms with Gasteiger partial charge in [0.2, 0.25) is 5.91 Å². The predicted octanol–water partition coefficient (Wildman–Crippen LogP) is 1.61. The number of hydrazine groups is 1. The highest BCUT2D eigenvalue weighted by Gasteiger charge is 2.26. The van der Waals surface area contributed by atoms with E-state index in [-0.39, 0.29) is 30.1 Å². The minimum atomic E-state index is -1.02. The van der Waals surface area contributed by atoms with Gasteiger partial charge in [-0.3, -0.25) is 4.79 Å². The fourth-order valence-electron chi connectivity index (χ4n) is 2.86. The van der Waals surface area contributed by atoms with Crippen LogP contribution in [0.2, 0.25) is 0 Å². The highest BCUT2D eigenvalue weighted by Crippen LogP contribution is 2.20. The van der Waals surface area contributed by atoms with Crippen LogP contribution in [0.4, 0.5) is 0 Å². The third-order valence-electron chi connectivity index (χ3n) is 4.04. The van der Waals surface area contributed by atoms with Crippen LogP contribution in [-0.2, 0) is 11.2 Å². The van der Waals surface area contributed by atoms with Crippen LogP contribution in [-0.4, -0.2) is 23.1 Å². The van der Waals surface area contributed by atoms with Gasteiger partial charge in [0.05, 0.1) is 18.2 Å². The van der Waals surface area contributed by atoms with Gasteiger partial charge in [0.1, 0.15) is 0 Å². The summed E-state index contributed by atoms with van der Waals surface area (Å²) >= 11 is 0. The normalized spacial score (nSPS) is 19.8. The van der Waals surface area contributed by atoms with Crippen molar-refractivity contribution in [3.05, 3.63) is 71.3 Å². The fourth-order valence-corrected chi connectivity index (χ4v) is 2.86. The summed E-state index contributed by atoms with van der Waals surface area (Å²) in [4.78, 5) is 23.4. The van der Waals surface area contributed by atoms with E-state index < -0.39 is 5.97 Å². The topological polar surface area (TPSA) is 90.5 Å². The molecule has 1 fully saturated rings. The first-order valence-electron chi connectivity index (χ1n) is 7.80. The van der Waals surface area contributed by atoms with Gasteiger partial charge in [0.25, 0.3) is 0 Å². The molecule has 24 heavy (non-hydrogen) atoms. The van der Waals surface area contributed by atoms with E-state index in [1.165, 1.54) is 6.07 Å². The largest absolute Gasteiger partial charge is 0.478 e. The van der Waals surface area contributed by atoms with Crippen LogP contribution in [0.15, 0.2) is 54.6 Å². The summed E-state index contributed by atoms with van der Waals surface area (Å²) < 4.78 is 0. The lowest BCUT2D eigenvalue weighted by Crippen LogP contribution is -2.44. The number of rotatable bonds is 5. The Kier molecular flexibility index (Phi) is 4.88. The SMILES string of the molecule is O=C(Cc1ccccc1C(=O)O)NC1CC(c2ccccc2)NN1. The smallest absolute Gasteiger partial charge is 0.335 e. The van der Waals surface area contributed by atoms with E-state index in [1.54, 1.807) is 18.2 Å². The van der Waals surface area contributed by atoms with Gasteiger partial charge >= 0.3 is 5.97 Å². The Balaban J connectivity index is 1.58. The number of hydrogen-bond donors (Lipinski definition) is 4. The van der Waals surface area contributed by atoms with Crippen molar-refractivity contribution in [3.8, 4) is 0 Å². The van der Waals surface area contributed by atoms with Gasteiger partial charge in [-0.2, -0.15) is 0 Å². The van der Waals surface area contributed by atoms with Gasteiger partial charge in [-0.1, -0.05) is 48.5 Å². The molecular formula is C18H19N3O3. The number of benzene rings is 2. The van der Waals surface area contributed by atoms with E-state index in [1.807, 2.05) is 30.3 Å². The molecule has 1 heterocycles. The maximum absolute atomic E-state index is 12.2. The Hall–Kier alpha value is -2.70. The molecule has 0 spiro atoms. The first-order chi connectivity index (χ1) is 11.6. The van der Waals surface area contributed by atoms with E-state index in [0.29, 0.717) is 5.56 Å². The van der Waals surface area contributed by atoms with Crippen LogP contribution in [0.1, 0.15) is 33.9 Å². The number of hydrogen-bond acceptors (Lipinski definition) is 4. The Bertz CT molecular complexity index is 733. The first-order valence-corrected chi connectivity index (χ1v) is 7.80. The summed E-state index contributed by atoms with van der Waals surface area (Å²) in [6, 6.07) is 16.7. The molecule has 1 amide bonds. The molecule has 4 N–H and O–H groups in total. The summed E-state index contributed by atoms with van der Waals surface area (Å²) in [5.74, 6) is -1.24. The molecule has 6 nitrogen and oxygen atoms in total. The molecule has 2 aromatic carbocycles. The first kappa shape index (κ1) is 16.2. The van der Waals surface area contributed by atoms with E-state index in [9.17, 15) is 9.59 Å². The van der Waals surface area contributed by atoms with Gasteiger partial charge in [0.15, 0.2) is 0 Å². The van der Waals surface area contributed by atoms with Gasteiger partial charge in [-0.15, -0.1) is 0 Å². The van der Waals surface area contributed by atoms with E-state index >= 15 is 0 Å². The van der Waals surface area contributed by atoms with Gasteiger partial charge in [-0.05, 0) is 17.2 Å². The van der Waals surface area contributed by atoms with Crippen molar-refractivity contribution in [2.24, 2.45) is 0 Å². The molecule has 0 bridgehead atoms. The summed E-state index contributed by atoms with van der Waals surface area (Å²) in [5, 5.41) is 12.1. The lowest BCUT2D eigenvalue weighted by atomic mass is 10.0. The third kappa shape index (κ3) is 3.79. The molecule has 6 heteroatoms. The molecule has 1 aliphatic rings. The number of carboxylic acid groups (broad SMARTS) is 1. The molecule has 2 atom stereocenters. The summed E-state index contributed by atoms with van der Waals surface area (Å²) in [7, 11) is 0.